The molecule has 2 heterocycles. The van der Waals surface area contributed by atoms with Crippen molar-refractivity contribution in [2.75, 3.05) is 11.9 Å². The first-order chi connectivity index (χ1) is 9.20. The third-order valence-electron chi connectivity index (χ3n) is 4.32. The summed E-state index contributed by atoms with van der Waals surface area (Å²) in [6, 6.07) is 8.43. The lowest BCUT2D eigenvalue weighted by Gasteiger charge is -2.12. The number of nitrogens with one attached hydrogen (secondary N) is 1. The first-order valence-electron chi connectivity index (χ1n) is 6.70. The summed E-state index contributed by atoms with van der Waals surface area (Å²) in [7, 11) is 0. The van der Waals surface area contributed by atoms with Crippen molar-refractivity contribution in [2.45, 2.75) is 25.2 Å². The van der Waals surface area contributed by atoms with Crippen molar-refractivity contribution in [3.05, 3.63) is 46.6 Å². The molecule has 0 amide bonds. The fourth-order valence-electron chi connectivity index (χ4n) is 3.04. The topological polar surface area (TPSA) is 24.9 Å². The van der Waals surface area contributed by atoms with Crippen LogP contribution in [0.4, 0.5) is 5.82 Å². The van der Waals surface area contributed by atoms with Crippen LogP contribution in [0.2, 0.25) is 5.02 Å². The van der Waals surface area contributed by atoms with Crippen LogP contribution in [0, 0.1) is 6.92 Å². The van der Waals surface area contributed by atoms with Gasteiger partial charge >= 0.3 is 0 Å². The molecule has 1 aliphatic heterocycles. The lowest BCUT2D eigenvalue weighted by Crippen LogP contribution is -2.08. The van der Waals surface area contributed by atoms with Crippen molar-refractivity contribution in [2.24, 2.45) is 0 Å². The van der Waals surface area contributed by atoms with Gasteiger partial charge < -0.3 is 5.32 Å². The molecule has 0 atom stereocenters. The summed E-state index contributed by atoms with van der Waals surface area (Å²) >= 11 is 6.69. The first-order valence-corrected chi connectivity index (χ1v) is 7.07. The third kappa shape index (κ3) is 1.59. The van der Waals surface area contributed by atoms with Crippen LogP contribution in [0.15, 0.2) is 30.5 Å². The van der Waals surface area contributed by atoms with Gasteiger partial charge in [-0.15, -0.1) is 0 Å². The predicted molar refractivity (Wildman–Crippen MR) is 78.8 cm³/mol. The van der Waals surface area contributed by atoms with E-state index in [1.165, 1.54) is 24.0 Å². The molecule has 0 unspecified atom stereocenters. The standard InChI is InChI=1S/C16H15ClN2/c1-10-3-2-4-11(7-10)12-8-18-15-13(14(12)17)16(5-6-16)9-19-15/h2-4,7-8H,5-6,9H2,1H3,(H,18,19). The highest BCUT2D eigenvalue weighted by Crippen LogP contribution is 2.57. The lowest BCUT2D eigenvalue weighted by molar-refractivity contribution is 0.778. The number of benzene rings is 1. The average Bonchev–Trinajstić information content (AvgIpc) is 3.06. The summed E-state index contributed by atoms with van der Waals surface area (Å²) in [4.78, 5) is 4.57. The van der Waals surface area contributed by atoms with Crippen LogP contribution in [0.25, 0.3) is 11.1 Å². The van der Waals surface area contributed by atoms with Crippen LogP contribution in [0.5, 0.6) is 0 Å². The molecule has 0 radical (unpaired) electrons. The van der Waals surface area contributed by atoms with Gasteiger partial charge in [0.25, 0.3) is 0 Å². The SMILES string of the molecule is Cc1cccc(-c2cnc3c(c2Cl)C2(CC2)CN3)c1. The maximum absolute atomic E-state index is 6.69. The zero-order valence-electron chi connectivity index (χ0n) is 10.8. The third-order valence-corrected chi connectivity index (χ3v) is 4.72. The second kappa shape index (κ2) is 3.73. The Hall–Kier alpha value is -1.54. The fraction of sp³-hybridized carbons (Fsp3) is 0.312. The number of anilines is 1. The molecule has 96 valence electrons. The van der Waals surface area contributed by atoms with Crippen molar-refractivity contribution < 1.29 is 0 Å². The molecule has 1 aromatic carbocycles. The molecule has 2 aliphatic rings. The normalized spacial score (nSPS) is 18.2. The largest absolute Gasteiger partial charge is 0.369 e. The number of rotatable bonds is 1. The number of hydrogen-bond donors (Lipinski definition) is 1. The molecule has 1 aliphatic carbocycles. The molecule has 0 saturated heterocycles. The van der Waals surface area contributed by atoms with Gasteiger partial charge in [0.1, 0.15) is 5.82 Å². The van der Waals surface area contributed by atoms with E-state index in [9.17, 15) is 0 Å². The Balaban J connectivity index is 1.91. The maximum atomic E-state index is 6.69. The molecular weight excluding hydrogens is 256 g/mol. The average molecular weight is 271 g/mol. The van der Waals surface area contributed by atoms with Crippen molar-refractivity contribution in [1.82, 2.24) is 4.98 Å². The summed E-state index contributed by atoms with van der Waals surface area (Å²) in [5, 5.41) is 4.28. The van der Waals surface area contributed by atoms with Crippen molar-refractivity contribution in [3.8, 4) is 11.1 Å². The van der Waals surface area contributed by atoms with Crippen LogP contribution >= 0.6 is 11.6 Å². The van der Waals surface area contributed by atoms with E-state index < -0.39 is 0 Å². The molecular formula is C16H15ClN2. The van der Waals surface area contributed by atoms with Gasteiger partial charge in [0.2, 0.25) is 0 Å². The summed E-state index contributed by atoms with van der Waals surface area (Å²) in [5.74, 6) is 0.985. The zero-order valence-corrected chi connectivity index (χ0v) is 11.6. The maximum Gasteiger partial charge on any atom is 0.131 e. The van der Waals surface area contributed by atoms with Crippen molar-refractivity contribution >= 4 is 17.4 Å². The molecule has 1 spiro atoms. The molecule has 1 aromatic heterocycles. The predicted octanol–water partition coefficient (Wildman–Crippen LogP) is 4.17. The summed E-state index contributed by atoms with van der Waals surface area (Å²) in [5.41, 5.74) is 4.97. The zero-order chi connectivity index (χ0) is 13.0. The van der Waals surface area contributed by atoms with Gasteiger partial charge in [0.05, 0.1) is 5.02 Å². The summed E-state index contributed by atoms with van der Waals surface area (Å²) < 4.78 is 0. The van der Waals surface area contributed by atoms with Crippen LogP contribution in [0.1, 0.15) is 24.0 Å². The quantitative estimate of drug-likeness (QED) is 0.841. The first kappa shape index (κ1) is 11.3. The van der Waals surface area contributed by atoms with Gasteiger partial charge in [-0.25, -0.2) is 4.98 Å². The molecule has 3 heteroatoms. The van der Waals surface area contributed by atoms with Gasteiger partial charge in [0.15, 0.2) is 0 Å². The molecule has 1 N–H and O–H groups in total. The minimum absolute atomic E-state index is 0.277. The Kier molecular flexibility index (Phi) is 2.22. The second-order valence-corrected chi connectivity index (χ2v) is 6.09. The van der Waals surface area contributed by atoms with E-state index in [-0.39, 0.29) is 5.41 Å². The van der Waals surface area contributed by atoms with Gasteiger partial charge in [-0.05, 0) is 25.3 Å². The minimum atomic E-state index is 0.277. The van der Waals surface area contributed by atoms with E-state index >= 15 is 0 Å². The van der Waals surface area contributed by atoms with Crippen LogP contribution in [-0.2, 0) is 5.41 Å². The molecule has 19 heavy (non-hydrogen) atoms. The summed E-state index contributed by atoms with van der Waals surface area (Å²) in [6.07, 6.45) is 4.35. The number of fused-ring (bicyclic) bond motifs is 2. The van der Waals surface area contributed by atoms with Crippen LogP contribution < -0.4 is 5.32 Å². The highest BCUT2D eigenvalue weighted by molar-refractivity contribution is 6.34. The van der Waals surface area contributed by atoms with E-state index in [1.54, 1.807) is 0 Å². The smallest absolute Gasteiger partial charge is 0.131 e. The van der Waals surface area contributed by atoms with E-state index in [1.807, 2.05) is 6.20 Å². The van der Waals surface area contributed by atoms with Gasteiger partial charge in [0, 0.05) is 29.3 Å². The minimum Gasteiger partial charge on any atom is -0.369 e. The molecule has 2 nitrogen and oxygen atoms in total. The van der Waals surface area contributed by atoms with Gasteiger partial charge in [-0.1, -0.05) is 41.4 Å². The van der Waals surface area contributed by atoms with E-state index in [2.05, 4.69) is 41.5 Å². The monoisotopic (exact) mass is 270 g/mol. The Morgan fingerprint density at radius 1 is 1.32 bits per heavy atom. The Labute approximate surface area is 117 Å². The molecule has 0 bridgehead atoms. The van der Waals surface area contributed by atoms with Crippen LogP contribution in [-0.4, -0.2) is 11.5 Å². The van der Waals surface area contributed by atoms with E-state index in [4.69, 9.17) is 11.6 Å². The molecule has 4 rings (SSSR count). The number of aryl methyl sites for hydroxylation is 1. The molecule has 1 saturated carbocycles. The van der Waals surface area contributed by atoms with E-state index in [0.717, 1.165) is 28.5 Å². The van der Waals surface area contributed by atoms with Crippen molar-refractivity contribution in [1.29, 1.82) is 0 Å². The Morgan fingerprint density at radius 3 is 2.89 bits per heavy atom. The number of hydrogen-bond acceptors (Lipinski definition) is 2. The highest BCUT2D eigenvalue weighted by Gasteiger charge is 2.51. The number of nitrogens with zero attached hydrogens (tertiary/aromatic N) is 1. The molecule has 1 fully saturated rings. The second-order valence-electron chi connectivity index (χ2n) is 5.71. The van der Waals surface area contributed by atoms with Crippen LogP contribution in [0.3, 0.4) is 0 Å². The van der Waals surface area contributed by atoms with Gasteiger partial charge in [-0.3, -0.25) is 0 Å². The highest BCUT2D eigenvalue weighted by atomic mass is 35.5. The van der Waals surface area contributed by atoms with E-state index in [0.29, 0.717) is 0 Å². The van der Waals surface area contributed by atoms with Gasteiger partial charge in [-0.2, -0.15) is 0 Å². The number of halogens is 1. The number of pyridine rings is 1. The molecule has 2 aromatic rings. The summed E-state index contributed by atoms with van der Waals surface area (Å²) in [6.45, 7) is 3.09. The Bertz CT molecular complexity index is 674. The number of aromatic nitrogens is 1. The fourth-order valence-corrected chi connectivity index (χ4v) is 3.49. The lowest BCUT2D eigenvalue weighted by atomic mass is 9.96. The Morgan fingerprint density at radius 2 is 2.16 bits per heavy atom. The van der Waals surface area contributed by atoms with Crippen molar-refractivity contribution in [3.63, 3.8) is 0 Å².